The summed E-state index contributed by atoms with van der Waals surface area (Å²) in [5.41, 5.74) is 2.95. The van der Waals surface area contributed by atoms with Crippen molar-refractivity contribution in [3.63, 3.8) is 0 Å². The molecule has 0 bridgehead atoms. The van der Waals surface area contributed by atoms with E-state index in [1.165, 1.54) is 11.1 Å². The fourth-order valence-corrected chi connectivity index (χ4v) is 5.07. The van der Waals surface area contributed by atoms with Gasteiger partial charge in [-0.25, -0.2) is 0 Å². The molecule has 23 heavy (non-hydrogen) atoms. The van der Waals surface area contributed by atoms with Gasteiger partial charge in [0.05, 0.1) is 12.2 Å². The SMILES string of the molecule is Cc1ccc(C(C)(C2CCC(O)CC2)C2CCC(O)CC2)cc1. The quantitative estimate of drug-likeness (QED) is 0.870. The molecule has 0 unspecified atom stereocenters. The van der Waals surface area contributed by atoms with Gasteiger partial charge < -0.3 is 10.2 Å². The molecule has 1 aromatic carbocycles. The summed E-state index contributed by atoms with van der Waals surface area (Å²) in [6.07, 6.45) is 8.11. The summed E-state index contributed by atoms with van der Waals surface area (Å²) in [5, 5.41) is 19.8. The van der Waals surface area contributed by atoms with Crippen LogP contribution in [0.3, 0.4) is 0 Å². The Hall–Kier alpha value is -0.860. The Bertz CT molecular complexity index is 469. The summed E-state index contributed by atoms with van der Waals surface area (Å²) in [4.78, 5) is 0. The number of aryl methyl sites for hydroxylation is 1. The standard InChI is InChI=1S/C21H32O2/c1-15-3-5-16(6-4-15)21(2,17-7-11-19(22)12-8-17)18-9-13-20(23)14-10-18/h3-6,17-20,22-23H,7-14H2,1-2H3. The van der Waals surface area contributed by atoms with Crippen LogP contribution in [0, 0.1) is 18.8 Å². The number of rotatable bonds is 3. The second kappa shape index (κ2) is 6.94. The molecule has 2 saturated carbocycles. The second-order valence-electron chi connectivity index (χ2n) is 8.16. The van der Waals surface area contributed by atoms with Crippen molar-refractivity contribution in [3.8, 4) is 0 Å². The van der Waals surface area contributed by atoms with Gasteiger partial charge in [-0.2, -0.15) is 0 Å². The monoisotopic (exact) mass is 316 g/mol. The molecule has 0 aromatic heterocycles. The molecular formula is C21H32O2. The predicted molar refractivity (Wildman–Crippen MR) is 94.5 cm³/mol. The van der Waals surface area contributed by atoms with E-state index in [9.17, 15) is 10.2 Å². The lowest BCUT2D eigenvalue weighted by Crippen LogP contribution is -2.44. The molecule has 0 aliphatic heterocycles. The van der Waals surface area contributed by atoms with Gasteiger partial charge in [0.1, 0.15) is 0 Å². The van der Waals surface area contributed by atoms with E-state index in [-0.39, 0.29) is 17.6 Å². The molecule has 0 radical (unpaired) electrons. The first-order chi connectivity index (χ1) is 11.0. The lowest BCUT2D eigenvalue weighted by molar-refractivity contribution is 0.0336. The van der Waals surface area contributed by atoms with Gasteiger partial charge in [0, 0.05) is 0 Å². The minimum Gasteiger partial charge on any atom is -0.393 e. The van der Waals surface area contributed by atoms with Crippen molar-refractivity contribution in [2.75, 3.05) is 0 Å². The molecule has 1 aromatic rings. The first-order valence-corrected chi connectivity index (χ1v) is 9.43. The summed E-state index contributed by atoms with van der Waals surface area (Å²) in [5.74, 6) is 1.29. The molecule has 0 spiro atoms. The van der Waals surface area contributed by atoms with Gasteiger partial charge in [-0.1, -0.05) is 36.8 Å². The van der Waals surface area contributed by atoms with Crippen LogP contribution in [-0.2, 0) is 5.41 Å². The molecule has 3 rings (SSSR count). The fraction of sp³-hybridized carbons (Fsp3) is 0.714. The largest absolute Gasteiger partial charge is 0.393 e. The Morgan fingerprint density at radius 1 is 0.739 bits per heavy atom. The van der Waals surface area contributed by atoms with E-state index in [0.29, 0.717) is 11.8 Å². The molecule has 2 nitrogen and oxygen atoms in total. The average Bonchev–Trinajstić information content (AvgIpc) is 2.56. The van der Waals surface area contributed by atoms with Crippen molar-refractivity contribution >= 4 is 0 Å². The Morgan fingerprint density at radius 3 is 1.52 bits per heavy atom. The van der Waals surface area contributed by atoms with E-state index in [4.69, 9.17) is 0 Å². The minimum atomic E-state index is -0.0957. The second-order valence-corrected chi connectivity index (χ2v) is 8.16. The molecule has 2 fully saturated rings. The molecule has 0 saturated heterocycles. The molecule has 2 heteroatoms. The third kappa shape index (κ3) is 3.49. The van der Waals surface area contributed by atoms with Gasteiger partial charge in [0.2, 0.25) is 0 Å². The van der Waals surface area contributed by atoms with Crippen LogP contribution < -0.4 is 0 Å². The molecule has 0 heterocycles. The molecule has 2 aliphatic rings. The van der Waals surface area contributed by atoms with Crippen LogP contribution in [-0.4, -0.2) is 22.4 Å². The zero-order chi connectivity index (χ0) is 16.4. The lowest BCUT2D eigenvalue weighted by Gasteiger charge is -2.48. The highest BCUT2D eigenvalue weighted by molar-refractivity contribution is 5.30. The maximum absolute atomic E-state index is 9.91. The number of aliphatic hydroxyl groups excluding tert-OH is 2. The minimum absolute atomic E-state index is 0.0957. The summed E-state index contributed by atoms with van der Waals surface area (Å²) in [6, 6.07) is 9.13. The molecular weight excluding hydrogens is 284 g/mol. The fourth-order valence-electron chi connectivity index (χ4n) is 5.07. The molecule has 128 valence electrons. The average molecular weight is 316 g/mol. The maximum atomic E-state index is 9.91. The van der Waals surface area contributed by atoms with Crippen LogP contribution in [0.25, 0.3) is 0 Å². The normalized spacial score (nSPS) is 34.8. The van der Waals surface area contributed by atoms with Gasteiger partial charge >= 0.3 is 0 Å². The van der Waals surface area contributed by atoms with Crippen LogP contribution in [0.5, 0.6) is 0 Å². The van der Waals surface area contributed by atoms with Crippen LogP contribution in [0.15, 0.2) is 24.3 Å². The van der Waals surface area contributed by atoms with Crippen molar-refractivity contribution in [1.29, 1.82) is 0 Å². The number of benzene rings is 1. The molecule has 0 amide bonds. The van der Waals surface area contributed by atoms with Crippen molar-refractivity contribution in [3.05, 3.63) is 35.4 Å². The zero-order valence-electron chi connectivity index (χ0n) is 14.7. The highest BCUT2D eigenvalue weighted by atomic mass is 16.3. The summed E-state index contributed by atoms with van der Waals surface area (Å²) in [7, 11) is 0. The molecule has 0 atom stereocenters. The van der Waals surface area contributed by atoms with E-state index in [1.807, 2.05) is 0 Å². The van der Waals surface area contributed by atoms with Crippen molar-refractivity contribution in [1.82, 2.24) is 0 Å². The predicted octanol–water partition coefficient (Wildman–Crippen LogP) is 4.35. The van der Waals surface area contributed by atoms with Crippen LogP contribution in [0.2, 0.25) is 0 Å². The van der Waals surface area contributed by atoms with Crippen LogP contribution in [0.1, 0.15) is 69.4 Å². The van der Waals surface area contributed by atoms with Gasteiger partial charge in [-0.05, 0) is 81.1 Å². The first kappa shape index (κ1) is 17.0. The van der Waals surface area contributed by atoms with Gasteiger partial charge in [0.25, 0.3) is 0 Å². The highest BCUT2D eigenvalue weighted by Crippen LogP contribution is 2.50. The Balaban J connectivity index is 1.90. The molecule has 2 aliphatic carbocycles. The van der Waals surface area contributed by atoms with Crippen molar-refractivity contribution in [2.45, 2.75) is 82.8 Å². The summed E-state index contributed by atoms with van der Waals surface area (Å²) >= 11 is 0. The summed E-state index contributed by atoms with van der Waals surface area (Å²) < 4.78 is 0. The van der Waals surface area contributed by atoms with E-state index >= 15 is 0 Å². The maximum Gasteiger partial charge on any atom is 0.0540 e. The first-order valence-electron chi connectivity index (χ1n) is 9.43. The van der Waals surface area contributed by atoms with Crippen molar-refractivity contribution in [2.24, 2.45) is 11.8 Å². The van der Waals surface area contributed by atoms with E-state index in [0.717, 1.165) is 51.4 Å². The topological polar surface area (TPSA) is 40.5 Å². The van der Waals surface area contributed by atoms with Gasteiger partial charge in [-0.3, -0.25) is 0 Å². The van der Waals surface area contributed by atoms with Crippen LogP contribution in [0.4, 0.5) is 0 Å². The van der Waals surface area contributed by atoms with Gasteiger partial charge in [-0.15, -0.1) is 0 Å². The van der Waals surface area contributed by atoms with Crippen LogP contribution >= 0.6 is 0 Å². The number of aliphatic hydroxyl groups is 2. The summed E-state index contributed by atoms with van der Waals surface area (Å²) in [6.45, 7) is 4.61. The Morgan fingerprint density at radius 2 is 1.13 bits per heavy atom. The van der Waals surface area contributed by atoms with E-state index in [2.05, 4.69) is 38.1 Å². The third-order valence-electron chi connectivity index (χ3n) is 6.76. The third-order valence-corrected chi connectivity index (χ3v) is 6.76. The van der Waals surface area contributed by atoms with Gasteiger partial charge in [0.15, 0.2) is 0 Å². The number of hydrogen-bond acceptors (Lipinski definition) is 2. The Labute approximate surface area is 140 Å². The smallest absolute Gasteiger partial charge is 0.0540 e. The lowest BCUT2D eigenvalue weighted by atomic mass is 9.56. The van der Waals surface area contributed by atoms with Crippen molar-refractivity contribution < 1.29 is 10.2 Å². The zero-order valence-corrected chi connectivity index (χ0v) is 14.7. The van der Waals surface area contributed by atoms with E-state index < -0.39 is 0 Å². The Kier molecular flexibility index (Phi) is 5.13. The highest BCUT2D eigenvalue weighted by Gasteiger charge is 2.44. The van der Waals surface area contributed by atoms with E-state index in [1.54, 1.807) is 0 Å². The number of hydrogen-bond donors (Lipinski definition) is 2. The molecule has 2 N–H and O–H groups in total.